The topological polar surface area (TPSA) is 64.4 Å². The Morgan fingerprint density at radius 3 is 2.29 bits per heavy atom. The third-order valence-corrected chi connectivity index (χ3v) is 4.07. The van der Waals surface area contributed by atoms with E-state index in [1.165, 1.54) is 14.1 Å². The molecule has 0 N–H and O–H groups in total. The van der Waals surface area contributed by atoms with Gasteiger partial charge in [0.1, 0.15) is 6.54 Å². The van der Waals surface area contributed by atoms with Crippen LogP contribution >= 0.6 is 0 Å². The summed E-state index contributed by atoms with van der Waals surface area (Å²) in [5.74, 6) is 0. The fraction of sp³-hybridized carbons (Fsp3) is 0.364. The van der Waals surface area contributed by atoms with Crippen molar-refractivity contribution in [3.8, 4) is 6.07 Å². The molecule has 0 atom stereocenters. The fourth-order valence-electron chi connectivity index (χ4n) is 1.32. The number of nitrogens with zero attached hydrogens (tertiary/aromatic N) is 3. The van der Waals surface area contributed by atoms with E-state index < -0.39 is 10.2 Å². The third-order valence-electron chi connectivity index (χ3n) is 2.24. The van der Waals surface area contributed by atoms with E-state index in [0.29, 0.717) is 0 Å². The largest absolute Gasteiger partial charge is 0.282 e. The van der Waals surface area contributed by atoms with Crippen LogP contribution in [-0.2, 0) is 16.8 Å². The summed E-state index contributed by atoms with van der Waals surface area (Å²) < 4.78 is 26.1. The molecule has 0 spiro atoms. The van der Waals surface area contributed by atoms with Crippen molar-refractivity contribution in [2.45, 2.75) is 6.54 Å². The van der Waals surface area contributed by atoms with Gasteiger partial charge in [0.25, 0.3) is 10.2 Å². The first-order chi connectivity index (χ1) is 7.98. The Kier molecular flexibility index (Phi) is 4.63. The summed E-state index contributed by atoms with van der Waals surface area (Å²) in [6.07, 6.45) is 0. The van der Waals surface area contributed by atoms with Crippen LogP contribution in [0.2, 0.25) is 0 Å². The standard InChI is InChI=1S/C11H15N3O2S/c1-13(2)17(15,16)14(9-8-12)10-11-6-4-3-5-7-11/h3-7H,9-10H2,1-2H3. The molecule has 0 fully saturated rings. The van der Waals surface area contributed by atoms with Gasteiger partial charge in [-0.2, -0.15) is 22.3 Å². The molecule has 6 heteroatoms. The van der Waals surface area contributed by atoms with E-state index in [1.807, 2.05) is 36.4 Å². The van der Waals surface area contributed by atoms with Crippen LogP contribution in [0.15, 0.2) is 30.3 Å². The Morgan fingerprint density at radius 2 is 1.82 bits per heavy atom. The molecule has 92 valence electrons. The minimum Gasteiger partial charge on any atom is -0.197 e. The minimum absolute atomic E-state index is 0.157. The van der Waals surface area contributed by atoms with Crippen LogP contribution in [0.5, 0.6) is 0 Å². The lowest BCUT2D eigenvalue weighted by atomic mass is 10.2. The van der Waals surface area contributed by atoms with Crippen LogP contribution in [-0.4, -0.2) is 37.7 Å². The molecule has 0 aliphatic heterocycles. The van der Waals surface area contributed by atoms with Crippen molar-refractivity contribution in [3.63, 3.8) is 0 Å². The molecular formula is C11H15N3O2S. The molecule has 0 bridgehead atoms. The first-order valence-electron chi connectivity index (χ1n) is 5.07. The minimum atomic E-state index is -3.56. The van der Waals surface area contributed by atoms with E-state index in [4.69, 9.17) is 5.26 Å². The summed E-state index contributed by atoms with van der Waals surface area (Å²) >= 11 is 0. The number of rotatable bonds is 5. The highest BCUT2D eigenvalue weighted by atomic mass is 32.2. The molecular weight excluding hydrogens is 238 g/mol. The molecule has 0 saturated heterocycles. The van der Waals surface area contributed by atoms with Gasteiger partial charge in [0.15, 0.2) is 0 Å². The van der Waals surface area contributed by atoms with Gasteiger partial charge in [-0.05, 0) is 5.56 Å². The van der Waals surface area contributed by atoms with Crippen LogP contribution in [0.4, 0.5) is 0 Å². The lowest BCUT2D eigenvalue weighted by Gasteiger charge is -2.23. The highest BCUT2D eigenvalue weighted by molar-refractivity contribution is 7.86. The maximum atomic E-state index is 11.9. The summed E-state index contributed by atoms with van der Waals surface area (Å²) in [6.45, 7) is 0.0460. The van der Waals surface area contributed by atoms with E-state index in [9.17, 15) is 8.42 Å². The second-order valence-corrected chi connectivity index (χ2v) is 5.84. The van der Waals surface area contributed by atoms with Gasteiger partial charge in [0.05, 0.1) is 6.07 Å². The van der Waals surface area contributed by atoms with Gasteiger partial charge in [-0.1, -0.05) is 30.3 Å². The van der Waals surface area contributed by atoms with Gasteiger partial charge >= 0.3 is 0 Å². The molecule has 0 aliphatic carbocycles. The zero-order chi connectivity index (χ0) is 12.9. The predicted molar refractivity (Wildman–Crippen MR) is 65.1 cm³/mol. The molecule has 5 nitrogen and oxygen atoms in total. The Bertz CT molecular complexity index is 491. The van der Waals surface area contributed by atoms with Crippen LogP contribution < -0.4 is 0 Å². The molecule has 1 aromatic rings. The second kappa shape index (κ2) is 5.77. The average molecular weight is 253 g/mol. The van der Waals surface area contributed by atoms with Crippen LogP contribution in [0.1, 0.15) is 5.56 Å². The van der Waals surface area contributed by atoms with Gasteiger partial charge in [-0.15, -0.1) is 0 Å². The molecule has 0 saturated carbocycles. The van der Waals surface area contributed by atoms with E-state index in [-0.39, 0.29) is 13.1 Å². The molecule has 0 radical (unpaired) electrons. The van der Waals surface area contributed by atoms with Crippen molar-refractivity contribution < 1.29 is 8.42 Å². The van der Waals surface area contributed by atoms with Crippen LogP contribution in [0.3, 0.4) is 0 Å². The molecule has 1 rings (SSSR count). The highest BCUT2D eigenvalue weighted by Crippen LogP contribution is 2.10. The Balaban J connectivity index is 2.93. The summed E-state index contributed by atoms with van der Waals surface area (Å²) in [5.41, 5.74) is 0.855. The average Bonchev–Trinajstić information content (AvgIpc) is 2.29. The molecule has 0 aromatic heterocycles. The van der Waals surface area contributed by atoms with E-state index >= 15 is 0 Å². The van der Waals surface area contributed by atoms with Crippen molar-refractivity contribution in [2.75, 3.05) is 20.6 Å². The van der Waals surface area contributed by atoms with Crippen molar-refractivity contribution >= 4 is 10.2 Å². The van der Waals surface area contributed by atoms with Crippen molar-refractivity contribution in [1.82, 2.24) is 8.61 Å². The monoisotopic (exact) mass is 253 g/mol. The van der Waals surface area contributed by atoms with Crippen LogP contribution in [0, 0.1) is 11.3 Å². The summed E-state index contributed by atoms with van der Waals surface area (Å²) in [4.78, 5) is 0. The third kappa shape index (κ3) is 3.53. The Hall–Kier alpha value is -1.42. The number of nitriles is 1. The molecule has 0 aliphatic rings. The molecule has 1 aromatic carbocycles. The van der Waals surface area contributed by atoms with E-state index in [2.05, 4.69) is 0 Å². The number of benzene rings is 1. The SMILES string of the molecule is CN(C)S(=O)(=O)N(CC#N)Cc1ccccc1. The molecule has 0 heterocycles. The molecule has 17 heavy (non-hydrogen) atoms. The lowest BCUT2D eigenvalue weighted by Crippen LogP contribution is -2.39. The van der Waals surface area contributed by atoms with Crippen molar-refractivity contribution in [1.29, 1.82) is 5.26 Å². The van der Waals surface area contributed by atoms with Crippen molar-refractivity contribution in [2.24, 2.45) is 0 Å². The van der Waals surface area contributed by atoms with Crippen LogP contribution in [0.25, 0.3) is 0 Å². The Labute approximate surface area is 102 Å². The quantitative estimate of drug-likeness (QED) is 0.730. The normalized spacial score (nSPS) is 11.7. The van der Waals surface area contributed by atoms with Crippen molar-refractivity contribution in [3.05, 3.63) is 35.9 Å². The van der Waals surface area contributed by atoms with Gasteiger partial charge in [-0.3, -0.25) is 0 Å². The first kappa shape index (κ1) is 13.6. The zero-order valence-corrected chi connectivity index (χ0v) is 10.7. The molecule has 0 unspecified atom stereocenters. The van der Waals surface area contributed by atoms with E-state index in [1.54, 1.807) is 0 Å². The summed E-state index contributed by atoms with van der Waals surface area (Å²) in [5, 5.41) is 8.69. The van der Waals surface area contributed by atoms with Gasteiger partial charge in [0.2, 0.25) is 0 Å². The van der Waals surface area contributed by atoms with Gasteiger partial charge < -0.3 is 0 Å². The van der Waals surface area contributed by atoms with E-state index in [0.717, 1.165) is 14.2 Å². The summed E-state index contributed by atoms with van der Waals surface area (Å²) in [7, 11) is -0.657. The van der Waals surface area contributed by atoms with Gasteiger partial charge in [0, 0.05) is 20.6 Å². The zero-order valence-electron chi connectivity index (χ0n) is 9.87. The Morgan fingerprint density at radius 1 is 1.24 bits per heavy atom. The highest BCUT2D eigenvalue weighted by Gasteiger charge is 2.24. The second-order valence-electron chi connectivity index (χ2n) is 3.70. The maximum Gasteiger partial charge on any atom is 0.282 e. The maximum absolute atomic E-state index is 11.9. The number of hydrogen-bond donors (Lipinski definition) is 0. The lowest BCUT2D eigenvalue weighted by molar-refractivity contribution is 0.396. The fourth-order valence-corrected chi connectivity index (χ4v) is 2.31. The molecule has 0 amide bonds. The first-order valence-corrected chi connectivity index (χ1v) is 6.46. The predicted octanol–water partition coefficient (Wildman–Crippen LogP) is 0.819. The smallest absolute Gasteiger partial charge is 0.197 e. The van der Waals surface area contributed by atoms with Gasteiger partial charge in [-0.25, -0.2) is 0 Å². The summed E-state index contributed by atoms with van der Waals surface area (Å²) in [6, 6.07) is 11.1. The number of hydrogen-bond acceptors (Lipinski definition) is 3.